The summed E-state index contributed by atoms with van der Waals surface area (Å²) in [6.07, 6.45) is 5.70. The van der Waals surface area contributed by atoms with Crippen molar-refractivity contribution in [3.63, 3.8) is 0 Å². The van der Waals surface area contributed by atoms with Crippen molar-refractivity contribution in [2.24, 2.45) is 0 Å². The second kappa shape index (κ2) is 12.4. The Bertz CT molecular complexity index is 2210. The van der Waals surface area contributed by atoms with Crippen molar-refractivity contribution >= 4 is 50.0 Å². The third kappa shape index (κ3) is 5.64. The Hall–Kier alpha value is -5.08. The van der Waals surface area contributed by atoms with E-state index < -0.39 is 0 Å². The second-order valence-electron chi connectivity index (χ2n) is 14.6. The number of nitrogens with zero attached hydrogens (tertiary/aromatic N) is 2. The van der Waals surface area contributed by atoms with Crippen LogP contribution in [0.3, 0.4) is 0 Å². The fourth-order valence-corrected chi connectivity index (χ4v) is 7.58. The van der Waals surface area contributed by atoms with Gasteiger partial charge in [-0.05, 0) is 139 Å². The Kier molecular flexibility index (Phi) is 8.23. The number of aryl methyl sites for hydroxylation is 6. The van der Waals surface area contributed by atoms with E-state index in [1.807, 2.05) is 0 Å². The van der Waals surface area contributed by atoms with Crippen LogP contribution in [0, 0.1) is 41.5 Å². The predicted octanol–water partition coefficient (Wildman–Crippen LogP) is 13.5. The van der Waals surface area contributed by atoms with Crippen LogP contribution in [0.1, 0.15) is 60.6 Å². The van der Waals surface area contributed by atoms with Gasteiger partial charge in [-0.3, -0.25) is 0 Å². The molecule has 7 rings (SSSR count). The van der Waals surface area contributed by atoms with Gasteiger partial charge < -0.3 is 9.80 Å². The SMILES string of the molecule is CC1=C(C)CC(C)(N(c2ccc(C)c(C)c2)c2c3ccccc3c(N(c3ccc(C)c(C)c3)c3ccc(C)c(C)c3)c3ccccc23)C=C1. The minimum absolute atomic E-state index is 0.278. The lowest BCUT2D eigenvalue weighted by Gasteiger charge is -2.45. The van der Waals surface area contributed by atoms with E-state index in [0.717, 1.165) is 6.42 Å². The molecular formula is C47H48N2. The van der Waals surface area contributed by atoms with E-state index in [9.17, 15) is 0 Å². The number of hydrogen-bond acceptors (Lipinski definition) is 2. The van der Waals surface area contributed by atoms with Gasteiger partial charge in [0.2, 0.25) is 0 Å². The molecule has 1 aliphatic carbocycles. The smallest absolute Gasteiger partial charge is 0.0646 e. The van der Waals surface area contributed by atoms with Crippen LogP contribution in [0.25, 0.3) is 21.5 Å². The number of anilines is 5. The summed E-state index contributed by atoms with van der Waals surface area (Å²) in [5.41, 5.74) is 16.3. The van der Waals surface area contributed by atoms with Crippen molar-refractivity contribution in [2.45, 2.75) is 74.3 Å². The fourth-order valence-electron chi connectivity index (χ4n) is 7.58. The molecule has 1 unspecified atom stereocenters. The molecule has 1 atom stereocenters. The maximum absolute atomic E-state index is 2.64. The molecule has 6 aromatic rings. The van der Waals surface area contributed by atoms with Gasteiger partial charge in [0.05, 0.1) is 16.9 Å². The molecule has 0 aliphatic heterocycles. The Morgan fingerprint density at radius 3 is 1.31 bits per heavy atom. The zero-order valence-corrected chi connectivity index (χ0v) is 30.6. The van der Waals surface area contributed by atoms with Gasteiger partial charge in [0.1, 0.15) is 0 Å². The number of rotatable bonds is 6. The molecule has 0 fully saturated rings. The van der Waals surface area contributed by atoms with Crippen molar-refractivity contribution in [3.05, 3.63) is 160 Å². The Morgan fingerprint density at radius 1 is 0.469 bits per heavy atom. The van der Waals surface area contributed by atoms with Crippen molar-refractivity contribution < 1.29 is 0 Å². The molecule has 2 nitrogen and oxygen atoms in total. The summed E-state index contributed by atoms with van der Waals surface area (Å²) < 4.78 is 0. The third-order valence-corrected chi connectivity index (χ3v) is 11.1. The molecule has 0 radical (unpaired) electrons. The Labute approximate surface area is 293 Å². The van der Waals surface area contributed by atoms with E-state index in [4.69, 9.17) is 0 Å². The molecular weight excluding hydrogens is 593 g/mol. The summed E-state index contributed by atoms with van der Waals surface area (Å²) in [5.74, 6) is 0. The molecule has 0 spiro atoms. The Morgan fingerprint density at radius 2 is 0.878 bits per heavy atom. The first-order chi connectivity index (χ1) is 23.5. The predicted molar refractivity (Wildman–Crippen MR) is 214 cm³/mol. The van der Waals surface area contributed by atoms with Crippen LogP contribution >= 0.6 is 0 Å². The van der Waals surface area contributed by atoms with E-state index in [2.05, 4.69) is 187 Å². The number of fused-ring (bicyclic) bond motifs is 2. The number of allylic oxidation sites excluding steroid dienone is 2. The largest absolute Gasteiger partial charge is 0.331 e. The monoisotopic (exact) mass is 640 g/mol. The third-order valence-electron chi connectivity index (χ3n) is 11.1. The minimum Gasteiger partial charge on any atom is -0.331 e. The summed E-state index contributed by atoms with van der Waals surface area (Å²) in [4.78, 5) is 5.13. The molecule has 0 heterocycles. The van der Waals surface area contributed by atoms with E-state index in [0.29, 0.717) is 0 Å². The summed E-state index contributed by atoms with van der Waals surface area (Å²) in [6.45, 7) is 20.2. The molecule has 1 aliphatic rings. The normalized spacial score (nSPS) is 16.1. The highest BCUT2D eigenvalue weighted by molar-refractivity contribution is 6.22. The molecule has 0 aromatic heterocycles. The maximum Gasteiger partial charge on any atom is 0.0646 e. The maximum atomic E-state index is 2.64. The summed E-state index contributed by atoms with van der Waals surface area (Å²) in [6, 6.07) is 38.8. The van der Waals surface area contributed by atoms with E-state index in [-0.39, 0.29) is 5.54 Å². The van der Waals surface area contributed by atoms with Crippen molar-refractivity contribution in [3.8, 4) is 0 Å². The fraction of sp³-hybridized carbons (Fsp3) is 0.234. The summed E-state index contributed by atoms with van der Waals surface area (Å²) in [5, 5.41) is 4.94. The highest BCUT2D eigenvalue weighted by Crippen LogP contribution is 2.52. The first-order valence-corrected chi connectivity index (χ1v) is 17.6. The van der Waals surface area contributed by atoms with Gasteiger partial charge in [-0.15, -0.1) is 0 Å². The van der Waals surface area contributed by atoms with Gasteiger partial charge in [-0.1, -0.05) is 90.0 Å². The van der Waals surface area contributed by atoms with E-state index in [1.54, 1.807) is 0 Å². The average Bonchev–Trinajstić information content (AvgIpc) is 3.08. The first kappa shape index (κ1) is 32.5. The van der Waals surface area contributed by atoms with E-state index >= 15 is 0 Å². The lowest BCUT2D eigenvalue weighted by molar-refractivity contribution is 0.553. The lowest BCUT2D eigenvalue weighted by Crippen LogP contribution is -2.43. The van der Waals surface area contributed by atoms with Crippen molar-refractivity contribution in [2.75, 3.05) is 9.80 Å². The highest BCUT2D eigenvalue weighted by atomic mass is 15.2. The molecule has 0 saturated heterocycles. The molecule has 0 saturated carbocycles. The number of hydrogen-bond donors (Lipinski definition) is 0. The minimum atomic E-state index is -0.278. The van der Waals surface area contributed by atoms with Crippen LogP contribution in [0.4, 0.5) is 28.4 Å². The van der Waals surface area contributed by atoms with Crippen LogP contribution in [0.5, 0.6) is 0 Å². The van der Waals surface area contributed by atoms with Gasteiger partial charge in [-0.2, -0.15) is 0 Å². The summed E-state index contributed by atoms with van der Waals surface area (Å²) >= 11 is 0. The number of benzene rings is 6. The molecule has 0 bridgehead atoms. The highest BCUT2D eigenvalue weighted by Gasteiger charge is 2.36. The molecule has 2 heteroatoms. The van der Waals surface area contributed by atoms with Crippen LogP contribution in [-0.4, -0.2) is 5.54 Å². The molecule has 246 valence electrons. The van der Waals surface area contributed by atoms with Crippen molar-refractivity contribution in [1.29, 1.82) is 0 Å². The zero-order valence-electron chi connectivity index (χ0n) is 30.6. The van der Waals surface area contributed by atoms with E-state index in [1.165, 1.54) is 94.5 Å². The molecule has 0 N–H and O–H groups in total. The summed E-state index contributed by atoms with van der Waals surface area (Å²) in [7, 11) is 0. The van der Waals surface area contributed by atoms with Crippen LogP contribution in [0.15, 0.2) is 126 Å². The average molecular weight is 641 g/mol. The van der Waals surface area contributed by atoms with Gasteiger partial charge in [-0.25, -0.2) is 0 Å². The molecule has 0 amide bonds. The van der Waals surface area contributed by atoms with Gasteiger partial charge >= 0.3 is 0 Å². The van der Waals surface area contributed by atoms with Gasteiger partial charge in [0, 0.05) is 38.6 Å². The molecule has 49 heavy (non-hydrogen) atoms. The first-order valence-electron chi connectivity index (χ1n) is 17.6. The van der Waals surface area contributed by atoms with Crippen LogP contribution < -0.4 is 9.80 Å². The van der Waals surface area contributed by atoms with Gasteiger partial charge in [0.25, 0.3) is 0 Å². The Balaban J connectivity index is 1.61. The standard InChI is InChI=1S/C47H48N2/c1-30-18-21-38(26-34(30)5)48(39-22-19-31(2)35(6)27-39)45-41-14-10-12-16-43(41)46(44-17-13-11-15-42(44)45)49(40-23-20-32(3)36(7)28-40)47(9)25-24-33(4)37(8)29-47/h10-28H,29H2,1-9H3. The van der Waals surface area contributed by atoms with Crippen molar-refractivity contribution in [1.82, 2.24) is 0 Å². The molecule has 6 aromatic carbocycles. The van der Waals surface area contributed by atoms with Crippen LogP contribution in [0.2, 0.25) is 0 Å². The topological polar surface area (TPSA) is 6.48 Å². The lowest BCUT2D eigenvalue weighted by atomic mass is 9.82. The zero-order chi connectivity index (χ0) is 34.6. The second-order valence-corrected chi connectivity index (χ2v) is 14.6. The van der Waals surface area contributed by atoms with Gasteiger partial charge in [0.15, 0.2) is 0 Å². The van der Waals surface area contributed by atoms with Crippen LogP contribution in [-0.2, 0) is 0 Å². The quantitative estimate of drug-likeness (QED) is 0.132.